The molecule has 0 N–H and O–H groups in total. The third kappa shape index (κ3) is 15.7. The van der Waals surface area contributed by atoms with Crippen LogP contribution in [0.15, 0.2) is 0 Å². The first kappa shape index (κ1) is 20.5. The third-order valence-electron chi connectivity index (χ3n) is 2.51. The third-order valence-corrected chi connectivity index (χ3v) is 3.05. The van der Waals surface area contributed by atoms with E-state index in [1.807, 2.05) is 0 Å². The molecule has 0 fully saturated rings. The van der Waals surface area contributed by atoms with E-state index in [9.17, 15) is 9.59 Å². The smallest absolute Gasteiger partial charge is 0.305 e. The fraction of sp³-hybridized carbons (Fsp3) is 0.857. The van der Waals surface area contributed by atoms with E-state index in [1.165, 1.54) is 0 Å². The second-order valence-electron chi connectivity index (χ2n) is 4.35. The van der Waals surface area contributed by atoms with Crippen LogP contribution >= 0.6 is 23.2 Å². The summed E-state index contributed by atoms with van der Waals surface area (Å²) in [6.45, 7) is 1.02. The van der Waals surface area contributed by atoms with E-state index in [0.717, 1.165) is 25.7 Å². The molecule has 0 rings (SSSR count). The Bertz CT molecular complexity index is 248. The minimum atomic E-state index is -0.241. The quantitative estimate of drug-likeness (QED) is 0.276. The number of esters is 2. The Hall–Kier alpha value is -0.520. The summed E-state index contributed by atoms with van der Waals surface area (Å²) < 4.78 is 15.1. The summed E-state index contributed by atoms with van der Waals surface area (Å²) in [5, 5.41) is 0. The molecule has 0 amide bonds. The van der Waals surface area contributed by atoms with Crippen LogP contribution in [0.2, 0.25) is 0 Å². The first-order chi connectivity index (χ1) is 10.2. The van der Waals surface area contributed by atoms with Crippen molar-refractivity contribution in [1.29, 1.82) is 0 Å². The first-order valence-electron chi connectivity index (χ1n) is 7.21. The van der Waals surface area contributed by atoms with Gasteiger partial charge in [0.1, 0.15) is 13.2 Å². The van der Waals surface area contributed by atoms with Crippen molar-refractivity contribution in [2.24, 2.45) is 0 Å². The summed E-state index contributed by atoms with van der Waals surface area (Å²) in [6.07, 6.45) is 3.86. The molecule has 0 spiro atoms. The zero-order valence-corrected chi connectivity index (χ0v) is 13.8. The van der Waals surface area contributed by atoms with Crippen LogP contribution in [0, 0.1) is 0 Å². The standard InChI is InChI=1S/C14H24Cl2O5/c15-7-3-1-5-13(17)20-11-9-19-10-12-21-14(18)6-2-4-8-16/h1-12H2. The lowest BCUT2D eigenvalue weighted by atomic mass is 10.2. The van der Waals surface area contributed by atoms with Gasteiger partial charge in [-0.1, -0.05) is 0 Å². The highest BCUT2D eigenvalue weighted by Gasteiger charge is 2.03. The first-order valence-corrected chi connectivity index (χ1v) is 8.28. The maximum Gasteiger partial charge on any atom is 0.305 e. The van der Waals surface area contributed by atoms with Crippen LogP contribution in [0.1, 0.15) is 38.5 Å². The number of hydrogen-bond acceptors (Lipinski definition) is 5. The molecule has 0 bridgehead atoms. The number of alkyl halides is 2. The molecule has 21 heavy (non-hydrogen) atoms. The molecule has 0 atom stereocenters. The molecule has 7 heteroatoms. The van der Waals surface area contributed by atoms with Crippen molar-refractivity contribution < 1.29 is 23.8 Å². The van der Waals surface area contributed by atoms with E-state index >= 15 is 0 Å². The lowest BCUT2D eigenvalue weighted by molar-refractivity contribution is -0.146. The Kier molecular flexibility index (Phi) is 15.5. The second kappa shape index (κ2) is 15.9. The van der Waals surface area contributed by atoms with E-state index in [2.05, 4.69) is 0 Å². The molecule has 124 valence electrons. The van der Waals surface area contributed by atoms with Crippen molar-refractivity contribution in [2.45, 2.75) is 38.5 Å². The molecule has 0 aromatic carbocycles. The van der Waals surface area contributed by atoms with Crippen LogP contribution < -0.4 is 0 Å². The molecule has 0 aromatic rings. The average Bonchev–Trinajstić information content (AvgIpc) is 2.47. The predicted octanol–water partition coefficient (Wildman–Crippen LogP) is 2.91. The minimum absolute atomic E-state index is 0.212. The fourth-order valence-corrected chi connectivity index (χ4v) is 1.78. The monoisotopic (exact) mass is 342 g/mol. The Balaban J connectivity index is 3.24. The van der Waals surface area contributed by atoms with Gasteiger partial charge >= 0.3 is 11.9 Å². The lowest BCUT2D eigenvalue weighted by Crippen LogP contribution is -2.14. The predicted molar refractivity (Wildman–Crippen MR) is 81.9 cm³/mol. The Morgan fingerprint density at radius 2 is 1.10 bits per heavy atom. The van der Waals surface area contributed by atoms with Crippen molar-refractivity contribution in [3.05, 3.63) is 0 Å². The van der Waals surface area contributed by atoms with Crippen LogP contribution in [0.4, 0.5) is 0 Å². The van der Waals surface area contributed by atoms with Crippen molar-refractivity contribution in [2.75, 3.05) is 38.2 Å². The maximum absolute atomic E-state index is 11.2. The van der Waals surface area contributed by atoms with Crippen LogP contribution in [0.25, 0.3) is 0 Å². The maximum atomic E-state index is 11.2. The topological polar surface area (TPSA) is 61.8 Å². The van der Waals surface area contributed by atoms with Crippen molar-refractivity contribution >= 4 is 35.1 Å². The molecular weight excluding hydrogens is 319 g/mol. The number of unbranched alkanes of at least 4 members (excludes halogenated alkanes) is 2. The summed E-state index contributed by atoms with van der Waals surface area (Å²) in [7, 11) is 0. The van der Waals surface area contributed by atoms with Gasteiger partial charge in [-0.25, -0.2) is 0 Å². The van der Waals surface area contributed by atoms with Crippen LogP contribution in [-0.4, -0.2) is 50.1 Å². The highest BCUT2D eigenvalue weighted by Crippen LogP contribution is 2.00. The lowest BCUT2D eigenvalue weighted by Gasteiger charge is -2.07. The summed E-state index contributed by atoms with van der Waals surface area (Å²) in [6, 6.07) is 0. The zero-order valence-electron chi connectivity index (χ0n) is 12.3. The molecule has 0 saturated heterocycles. The van der Waals surface area contributed by atoms with Crippen LogP contribution in [-0.2, 0) is 23.8 Å². The highest BCUT2D eigenvalue weighted by molar-refractivity contribution is 6.18. The molecule has 0 saturated carbocycles. The van der Waals surface area contributed by atoms with E-state index in [0.29, 0.717) is 37.8 Å². The molecule has 0 radical (unpaired) electrons. The van der Waals surface area contributed by atoms with E-state index < -0.39 is 0 Å². The van der Waals surface area contributed by atoms with E-state index in [1.54, 1.807) is 0 Å². The number of hydrogen-bond donors (Lipinski definition) is 0. The van der Waals surface area contributed by atoms with Gasteiger partial charge < -0.3 is 14.2 Å². The summed E-state index contributed by atoms with van der Waals surface area (Å²) in [4.78, 5) is 22.4. The highest BCUT2D eigenvalue weighted by atomic mass is 35.5. The summed E-state index contributed by atoms with van der Waals surface area (Å²) in [5.41, 5.74) is 0. The second-order valence-corrected chi connectivity index (χ2v) is 5.10. The van der Waals surface area contributed by atoms with Crippen molar-refractivity contribution in [1.82, 2.24) is 0 Å². The molecule has 5 nitrogen and oxygen atoms in total. The van der Waals surface area contributed by atoms with Gasteiger partial charge in [0, 0.05) is 24.6 Å². The molecule has 0 heterocycles. The zero-order chi connectivity index (χ0) is 15.8. The van der Waals surface area contributed by atoms with Crippen molar-refractivity contribution in [3.8, 4) is 0 Å². The summed E-state index contributed by atoms with van der Waals surface area (Å²) >= 11 is 11.0. The van der Waals surface area contributed by atoms with Gasteiger partial charge in [-0.2, -0.15) is 0 Å². The van der Waals surface area contributed by atoms with Crippen LogP contribution in [0.3, 0.4) is 0 Å². The number of carbonyl (C=O) groups is 2. The largest absolute Gasteiger partial charge is 0.463 e. The molecule has 0 unspecified atom stereocenters. The van der Waals surface area contributed by atoms with Gasteiger partial charge in [-0.15, -0.1) is 23.2 Å². The average molecular weight is 343 g/mol. The Morgan fingerprint density at radius 1 is 0.667 bits per heavy atom. The molecule has 0 aliphatic carbocycles. The van der Waals surface area contributed by atoms with Gasteiger partial charge in [0.15, 0.2) is 0 Å². The number of ether oxygens (including phenoxy) is 3. The molecule has 0 aliphatic heterocycles. The minimum Gasteiger partial charge on any atom is -0.463 e. The fourth-order valence-electron chi connectivity index (χ4n) is 1.40. The summed E-state index contributed by atoms with van der Waals surface area (Å²) in [5.74, 6) is 0.631. The van der Waals surface area contributed by atoms with E-state index in [-0.39, 0.29) is 25.2 Å². The van der Waals surface area contributed by atoms with Gasteiger partial charge in [-0.3, -0.25) is 9.59 Å². The Morgan fingerprint density at radius 3 is 1.48 bits per heavy atom. The van der Waals surface area contributed by atoms with Gasteiger partial charge in [0.2, 0.25) is 0 Å². The van der Waals surface area contributed by atoms with Gasteiger partial charge in [0.05, 0.1) is 13.2 Å². The SMILES string of the molecule is O=C(CCCCCl)OCCOCCOC(=O)CCCCCl. The Labute approximate surface area is 136 Å². The normalized spacial score (nSPS) is 10.4. The number of rotatable bonds is 14. The van der Waals surface area contributed by atoms with Crippen molar-refractivity contribution in [3.63, 3.8) is 0 Å². The molecular formula is C14H24Cl2O5. The van der Waals surface area contributed by atoms with Crippen LogP contribution in [0.5, 0.6) is 0 Å². The number of carbonyl (C=O) groups excluding carboxylic acids is 2. The molecule has 0 aliphatic rings. The number of halogens is 2. The van der Waals surface area contributed by atoms with Gasteiger partial charge in [-0.05, 0) is 25.7 Å². The van der Waals surface area contributed by atoms with E-state index in [4.69, 9.17) is 37.4 Å². The molecule has 0 aromatic heterocycles. The van der Waals surface area contributed by atoms with Gasteiger partial charge in [0.25, 0.3) is 0 Å².